The Morgan fingerprint density at radius 3 is 2.65 bits per heavy atom. The predicted octanol–water partition coefficient (Wildman–Crippen LogP) is 6.06. The van der Waals surface area contributed by atoms with Gasteiger partial charge in [-0.15, -0.1) is 11.6 Å². The Bertz CT molecular complexity index is 759. The van der Waals surface area contributed by atoms with Crippen LogP contribution in [0, 0.1) is 0 Å². The average molecular weight is 413 g/mol. The summed E-state index contributed by atoms with van der Waals surface area (Å²) in [5, 5.41) is 3.44. The summed E-state index contributed by atoms with van der Waals surface area (Å²) >= 11 is 15.5. The Balaban J connectivity index is 2.17. The molecule has 2 aromatic carbocycles. The number of hydrogen-bond acceptors (Lipinski definition) is 1. The lowest BCUT2D eigenvalue weighted by molar-refractivity contribution is -0.115. The highest BCUT2D eigenvalue weighted by Crippen LogP contribution is 2.27. The molecule has 1 N–H and O–H groups in total. The molecule has 1 amide bonds. The van der Waals surface area contributed by atoms with Crippen LogP contribution in [0.5, 0.6) is 0 Å². The number of halogens is 3. The van der Waals surface area contributed by atoms with Crippen molar-refractivity contribution in [2.24, 2.45) is 0 Å². The van der Waals surface area contributed by atoms with Crippen molar-refractivity contribution in [1.29, 1.82) is 0 Å². The Morgan fingerprint density at radius 2 is 2.04 bits per heavy atom. The van der Waals surface area contributed by atoms with Crippen molar-refractivity contribution in [1.82, 2.24) is 0 Å². The summed E-state index contributed by atoms with van der Waals surface area (Å²) < 4.78 is 0.866. The summed E-state index contributed by atoms with van der Waals surface area (Å²) in [4.78, 5) is 12.3. The van der Waals surface area contributed by atoms with Crippen molar-refractivity contribution in [3.8, 4) is 0 Å². The number of alkyl halides is 1. The number of allylic oxidation sites excluding steroid dienone is 1. The number of carbonyl (C=O) groups excluding carboxylic acids is 1. The molecule has 2 rings (SSSR count). The van der Waals surface area contributed by atoms with Gasteiger partial charge in [-0.1, -0.05) is 57.9 Å². The summed E-state index contributed by atoms with van der Waals surface area (Å²) in [6.45, 7) is 5.84. The van der Waals surface area contributed by atoms with Crippen molar-refractivity contribution in [3.63, 3.8) is 0 Å². The molecule has 0 aliphatic heterocycles. The lowest BCUT2D eigenvalue weighted by Crippen LogP contribution is -2.15. The summed E-state index contributed by atoms with van der Waals surface area (Å²) in [6, 6.07) is 11.1. The van der Waals surface area contributed by atoms with E-state index >= 15 is 0 Å². The van der Waals surface area contributed by atoms with E-state index in [1.807, 2.05) is 37.3 Å². The SMILES string of the molecule is C=C(C)c1cccc(Cl)c1CC(=O)Nc1ccc(CCl)c(Br)c1. The minimum atomic E-state index is -0.133. The monoisotopic (exact) mass is 411 g/mol. The maximum atomic E-state index is 12.3. The van der Waals surface area contributed by atoms with Crippen LogP contribution in [0.25, 0.3) is 5.57 Å². The van der Waals surface area contributed by atoms with E-state index in [0.717, 1.165) is 26.7 Å². The molecule has 120 valence electrons. The first-order valence-electron chi connectivity index (χ1n) is 7.00. The molecule has 5 heteroatoms. The molecule has 0 aliphatic carbocycles. The Morgan fingerprint density at radius 1 is 1.30 bits per heavy atom. The second-order valence-electron chi connectivity index (χ2n) is 5.21. The van der Waals surface area contributed by atoms with E-state index in [9.17, 15) is 4.79 Å². The third kappa shape index (κ3) is 4.60. The van der Waals surface area contributed by atoms with E-state index in [1.165, 1.54) is 0 Å². The standard InChI is InChI=1S/C18H16BrCl2NO/c1-11(2)14-4-3-5-17(21)15(14)9-18(23)22-13-7-6-12(10-20)16(19)8-13/h3-8H,1,9-10H2,2H3,(H,22,23). The maximum absolute atomic E-state index is 12.3. The molecule has 0 atom stereocenters. The molecule has 0 radical (unpaired) electrons. The van der Waals surface area contributed by atoms with E-state index in [2.05, 4.69) is 27.8 Å². The molecule has 0 saturated heterocycles. The fourth-order valence-electron chi connectivity index (χ4n) is 2.24. The number of carbonyl (C=O) groups is 1. The molecule has 0 saturated carbocycles. The van der Waals surface area contributed by atoms with Gasteiger partial charge in [-0.25, -0.2) is 0 Å². The molecule has 0 bridgehead atoms. The van der Waals surface area contributed by atoms with Crippen LogP contribution in [-0.2, 0) is 17.1 Å². The fraction of sp³-hybridized carbons (Fsp3) is 0.167. The molecule has 0 aromatic heterocycles. The van der Waals surface area contributed by atoms with Crippen LogP contribution in [-0.4, -0.2) is 5.91 Å². The van der Waals surface area contributed by atoms with E-state index in [1.54, 1.807) is 6.07 Å². The van der Waals surface area contributed by atoms with Crippen LogP contribution in [0.2, 0.25) is 5.02 Å². The Labute approximate surface area is 154 Å². The van der Waals surface area contributed by atoms with E-state index in [0.29, 0.717) is 16.6 Å². The second-order valence-corrected chi connectivity index (χ2v) is 6.74. The molecule has 0 fully saturated rings. The fourth-order valence-corrected chi connectivity index (χ4v) is 3.39. The number of amides is 1. The number of benzene rings is 2. The zero-order valence-corrected chi connectivity index (χ0v) is 15.7. The first-order valence-corrected chi connectivity index (χ1v) is 8.70. The zero-order valence-electron chi connectivity index (χ0n) is 12.6. The van der Waals surface area contributed by atoms with Gasteiger partial charge in [0, 0.05) is 21.1 Å². The highest BCUT2D eigenvalue weighted by molar-refractivity contribution is 9.10. The minimum absolute atomic E-state index is 0.133. The molecule has 0 heterocycles. The van der Waals surface area contributed by atoms with Crippen LogP contribution >= 0.6 is 39.1 Å². The van der Waals surface area contributed by atoms with Gasteiger partial charge in [-0.2, -0.15) is 0 Å². The summed E-state index contributed by atoms with van der Waals surface area (Å²) in [6.07, 6.45) is 0.191. The second kappa shape index (κ2) is 8.00. The van der Waals surface area contributed by atoms with Gasteiger partial charge in [-0.05, 0) is 41.8 Å². The Hall–Kier alpha value is -1.29. The molecule has 0 aliphatic rings. The van der Waals surface area contributed by atoms with Crippen molar-refractivity contribution in [2.75, 3.05) is 5.32 Å². The third-order valence-corrected chi connectivity index (χ3v) is 4.78. The molecular weight excluding hydrogens is 397 g/mol. The number of hydrogen-bond donors (Lipinski definition) is 1. The van der Waals surface area contributed by atoms with Gasteiger partial charge in [0.2, 0.25) is 5.91 Å². The van der Waals surface area contributed by atoms with Crippen molar-refractivity contribution in [3.05, 3.63) is 69.2 Å². The predicted molar refractivity (Wildman–Crippen MR) is 102 cm³/mol. The van der Waals surface area contributed by atoms with Gasteiger partial charge in [0.05, 0.1) is 6.42 Å². The lowest BCUT2D eigenvalue weighted by Gasteiger charge is -2.12. The molecule has 2 aromatic rings. The highest BCUT2D eigenvalue weighted by Gasteiger charge is 2.13. The van der Waals surface area contributed by atoms with Crippen molar-refractivity contribution in [2.45, 2.75) is 19.2 Å². The minimum Gasteiger partial charge on any atom is -0.326 e. The van der Waals surface area contributed by atoms with Crippen LogP contribution < -0.4 is 5.32 Å². The van der Waals surface area contributed by atoms with Crippen LogP contribution in [0.15, 0.2) is 47.4 Å². The normalized spacial score (nSPS) is 10.4. The zero-order chi connectivity index (χ0) is 17.0. The molecule has 0 spiro atoms. The third-order valence-electron chi connectivity index (χ3n) is 3.40. The van der Waals surface area contributed by atoms with Gasteiger partial charge in [-0.3, -0.25) is 4.79 Å². The van der Waals surface area contributed by atoms with Gasteiger partial charge in [0.15, 0.2) is 0 Å². The Kier molecular flexibility index (Phi) is 6.28. The van der Waals surface area contributed by atoms with Crippen LogP contribution in [0.3, 0.4) is 0 Å². The molecule has 23 heavy (non-hydrogen) atoms. The van der Waals surface area contributed by atoms with E-state index in [4.69, 9.17) is 23.2 Å². The van der Waals surface area contributed by atoms with Crippen LogP contribution in [0.1, 0.15) is 23.6 Å². The number of nitrogens with one attached hydrogen (secondary N) is 1. The van der Waals surface area contributed by atoms with Crippen molar-refractivity contribution >= 4 is 56.3 Å². The lowest BCUT2D eigenvalue weighted by atomic mass is 9.99. The van der Waals surface area contributed by atoms with Crippen LogP contribution in [0.4, 0.5) is 5.69 Å². The summed E-state index contributed by atoms with van der Waals surface area (Å²) in [5.74, 6) is 0.280. The van der Waals surface area contributed by atoms with E-state index < -0.39 is 0 Å². The first-order chi connectivity index (χ1) is 10.9. The number of anilines is 1. The van der Waals surface area contributed by atoms with Gasteiger partial charge in [0.25, 0.3) is 0 Å². The molecule has 2 nitrogen and oxygen atoms in total. The largest absolute Gasteiger partial charge is 0.326 e. The maximum Gasteiger partial charge on any atom is 0.228 e. The van der Waals surface area contributed by atoms with Crippen molar-refractivity contribution < 1.29 is 4.79 Å². The number of rotatable bonds is 5. The van der Waals surface area contributed by atoms with E-state index in [-0.39, 0.29) is 12.3 Å². The van der Waals surface area contributed by atoms with Gasteiger partial charge < -0.3 is 5.32 Å². The van der Waals surface area contributed by atoms with Gasteiger partial charge >= 0.3 is 0 Å². The first kappa shape index (κ1) is 18.1. The topological polar surface area (TPSA) is 29.1 Å². The smallest absolute Gasteiger partial charge is 0.228 e. The molecular formula is C18H16BrCl2NO. The molecule has 0 unspecified atom stereocenters. The highest BCUT2D eigenvalue weighted by atomic mass is 79.9. The quantitative estimate of drug-likeness (QED) is 0.594. The summed E-state index contributed by atoms with van der Waals surface area (Å²) in [5.41, 5.74) is 4.26. The summed E-state index contributed by atoms with van der Waals surface area (Å²) in [7, 11) is 0. The average Bonchev–Trinajstić information content (AvgIpc) is 2.49. The van der Waals surface area contributed by atoms with Gasteiger partial charge in [0.1, 0.15) is 0 Å².